The first-order valence-corrected chi connectivity index (χ1v) is 11.5. The molecule has 0 unspecified atom stereocenters. The fraction of sp³-hybridized carbons (Fsp3) is 0.238. The Balaban J connectivity index is 1.96. The van der Waals surface area contributed by atoms with Crippen molar-refractivity contribution in [1.29, 1.82) is 0 Å². The van der Waals surface area contributed by atoms with Crippen LogP contribution in [0.1, 0.15) is 16.7 Å². The summed E-state index contributed by atoms with van der Waals surface area (Å²) in [5.41, 5.74) is 4.15. The number of allylic oxidation sites excluding steroid dienone is 1. The van der Waals surface area contributed by atoms with Gasteiger partial charge >= 0.3 is 0 Å². The minimum Gasteiger partial charge on any atom is -0.312 e. The molecule has 1 amide bonds. The third-order valence-electron chi connectivity index (χ3n) is 4.54. The molecule has 1 heterocycles. The normalized spacial score (nSPS) is 12.5. The Morgan fingerprint density at radius 2 is 1.82 bits per heavy atom. The van der Waals surface area contributed by atoms with Gasteiger partial charge < -0.3 is 4.57 Å². The zero-order chi connectivity index (χ0) is 20.5. The van der Waals surface area contributed by atoms with E-state index in [1.54, 1.807) is 18.2 Å². The molecule has 28 heavy (non-hydrogen) atoms. The second-order valence-electron chi connectivity index (χ2n) is 6.79. The second-order valence-corrected chi connectivity index (χ2v) is 9.81. The van der Waals surface area contributed by atoms with Crippen molar-refractivity contribution in [3.05, 3.63) is 70.5 Å². The Morgan fingerprint density at radius 3 is 2.43 bits per heavy atom. The SMILES string of the molecule is C=CCn1c(=NC(=O)Cc2ccc(S(C)(=O)=O)cc2)sc2cc(C)c(C)cc21. The average molecular weight is 415 g/mol. The summed E-state index contributed by atoms with van der Waals surface area (Å²) < 4.78 is 26.2. The third kappa shape index (κ3) is 4.31. The number of amides is 1. The van der Waals surface area contributed by atoms with Gasteiger partial charge in [0.25, 0.3) is 5.91 Å². The lowest BCUT2D eigenvalue weighted by atomic mass is 10.1. The Labute approximate surface area is 168 Å². The molecule has 0 saturated heterocycles. The van der Waals surface area contributed by atoms with E-state index >= 15 is 0 Å². The predicted molar refractivity (Wildman–Crippen MR) is 113 cm³/mol. The van der Waals surface area contributed by atoms with E-state index in [-0.39, 0.29) is 17.2 Å². The Hall–Kier alpha value is -2.51. The molecule has 0 aliphatic carbocycles. The molecule has 0 N–H and O–H groups in total. The van der Waals surface area contributed by atoms with Crippen molar-refractivity contribution in [2.75, 3.05) is 6.26 Å². The molecule has 0 aliphatic rings. The van der Waals surface area contributed by atoms with Crippen LogP contribution in [0.25, 0.3) is 10.2 Å². The van der Waals surface area contributed by atoms with Crippen LogP contribution in [0.15, 0.2) is 58.9 Å². The number of fused-ring (bicyclic) bond motifs is 1. The average Bonchev–Trinajstić information content (AvgIpc) is 2.92. The molecule has 3 aromatic rings. The van der Waals surface area contributed by atoms with Crippen LogP contribution in [0.2, 0.25) is 0 Å². The number of carbonyl (C=O) groups is 1. The molecule has 0 bridgehead atoms. The standard InChI is InChI=1S/C21H22N2O3S2/c1-5-10-23-18-11-14(2)15(3)12-19(18)27-21(23)22-20(24)13-16-6-8-17(9-7-16)28(4,25)26/h5-9,11-12H,1,10,13H2,2-4H3. The second kappa shape index (κ2) is 7.85. The Kier molecular flexibility index (Phi) is 5.67. The van der Waals surface area contributed by atoms with Crippen molar-refractivity contribution in [2.24, 2.45) is 4.99 Å². The van der Waals surface area contributed by atoms with E-state index < -0.39 is 9.84 Å². The summed E-state index contributed by atoms with van der Waals surface area (Å²) in [5, 5.41) is 0. The summed E-state index contributed by atoms with van der Waals surface area (Å²) in [6.07, 6.45) is 3.06. The number of nitrogens with zero attached hydrogens (tertiary/aromatic N) is 2. The molecule has 5 nitrogen and oxygen atoms in total. The summed E-state index contributed by atoms with van der Waals surface area (Å²) in [4.78, 5) is 17.7. The van der Waals surface area contributed by atoms with Gasteiger partial charge in [-0.2, -0.15) is 4.99 Å². The van der Waals surface area contributed by atoms with E-state index in [4.69, 9.17) is 0 Å². The lowest BCUT2D eigenvalue weighted by Gasteiger charge is -2.04. The number of benzene rings is 2. The molecule has 1 aromatic heterocycles. The summed E-state index contributed by atoms with van der Waals surface area (Å²) in [6, 6.07) is 10.6. The van der Waals surface area contributed by atoms with Crippen molar-refractivity contribution in [2.45, 2.75) is 31.7 Å². The highest BCUT2D eigenvalue weighted by atomic mass is 32.2. The van der Waals surface area contributed by atoms with Crippen LogP contribution >= 0.6 is 11.3 Å². The molecule has 3 rings (SSSR count). The Morgan fingerprint density at radius 1 is 1.18 bits per heavy atom. The van der Waals surface area contributed by atoms with Crippen LogP contribution in [0.4, 0.5) is 0 Å². The Bertz CT molecular complexity index is 1230. The van der Waals surface area contributed by atoms with Gasteiger partial charge in [0.2, 0.25) is 0 Å². The maximum atomic E-state index is 12.5. The number of sulfone groups is 1. The van der Waals surface area contributed by atoms with Gasteiger partial charge in [0.1, 0.15) is 0 Å². The van der Waals surface area contributed by atoms with E-state index in [1.807, 2.05) is 4.57 Å². The topological polar surface area (TPSA) is 68.5 Å². The van der Waals surface area contributed by atoms with E-state index in [1.165, 1.54) is 34.6 Å². The van der Waals surface area contributed by atoms with Crippen LogP contribution in [0.3, 0.4) is 0 Å². The summed E-state index contributed by atoms with van der Waals surface area (Å²) >= 11 is 1.48. The lowest BCUT2D eigenvalue weighted by molar-refractivity contribution is -0.117. The molecule has 146 valence electrons. The van der Waals surface area contributed by atoms with Gasteiger partial charge in [0.15, 0.2) is 14.6 Å². The fourth-order valence-corrected chi connectivity index (χ4v) is 4.65. The van der Waals surface area contributed by atoms with Crippen molar-refractivity contribution in [1.82, 2.24) is 4.57 Å². The van der Waals surface area contributed by atoms with E-state index in [0.717, 1.165) is 22.0 Å². The highest BCUT2D eigenvalue weighted by Crippen LogP contribution is 2.22. The number of hydrogen-bond acceptors (Lipinski definition) is 4. The molecule has 0 aliphatic heterocycles. The monoisotopic (exact) mass is 414 g/mol. The van der Waals surface area contributed by atoms with Crippen LogP contribution in [0.5, 0.6) is 0 Å². The van der Waals surface area contributed by atoms with Gasteiger partial charge in [-0.25, -0.2) is 8.42 Å². The molecular weight excluding hydrogens is 392 g/mol. The smallest absolute Gasteiger partial charge is 0.252 e. The number of aromatic nitrogens is 1. The number of carbonyl (C=O) groups excluding carboxylic acids is 1. The van der Waals surface area contributed by atoms with Crippen LogP contribution in [-0.4, -0.2) is 25.1 Å². The molecule has 0 atom stereocenters. The minimum absolute atomic E-state index is 0.116. The number of hydrogen-bond donors (Lipinski definition) is 0. The zero-order valence-electron chi connectivity index (χ0n) is 16.1. The van der Waals surface area contributed by atoms with Gasteiger partial charge in [-0.1, -0.05) is 29.5 Å². The van der Waals surface area contributed by atoms with E-state index in [0.29, 0.717) is 11.3 Å². The molecule has 0 saturated carbocycles. The summed E-state index contributed by atoms with van der Waals surface area (Å²) in [5.74, 6) is -0.273. The molecule has 7 heteroatoms. The van der Waals surface area contributed by atoms with Crippen LogP contribution in [-0.2, 0) is 27.6 Å². The first-order chi connectivity index (χ1) is 13.2. The van der Waals surface area contributed by atoms with E-state index in [9.17, 15) is 13.2 Å². The summed E-state index contributed by atoms with van der Waals surface area (Å²) in [7, 11) is -3.25. The minimum atomic E-state index is -3.25. The fourth-order valence-electron chi connectivity index (χ4n) is 2.89. The largest absolute Gasteiger partial charge is 0.312 e. The maximum absolute atomic E-state index is 12.5. The third-order valence-corrected chi connectivity index (χ3v) is 6.71. The van der Waals surface area contributed by atoms with Gasteiger partial charge in [-0.15, -0.1) is 6.58 Å². The van der Waals surface area contributed by atoms with Gasteiger partial charge in [0, 0.05) is 12.8 Å². The molecule has 0 radical (unpaired) electrons. The quantitative estimate of drug-likeness (QED) is 0.599. The van der Waals surface area contributed by atoms with Crippen molar-refractivity contribution >= 4 is 37.3 Å². The first kappa shape index (κ1) is 20.2. The first-order valence-electron chi connectivity index (χ1n) is 8.77. The van der Waals surface area contributed by atoms with Crippen molar-refractivity contribution < 1.29 is 13.2 Å². The lowest BCUT2D eigenvalue weighted by Crippen LogP contribution is -2.17. The van der Waals surface area contributed by atoms with Crippen LogP contribution < -0.4 is 4.80 Å². The predicted octanol–water partition coefficient (Wildman–Crippen LogP) is 3.58. The summed E-state index contributed by atoms with van der Waals surface area (Å²) in [6.45, 7) is 8.50. The van der Waals surface area contributed by atoms with Gasteiger partial charge in [-0.3, -0.25) is 4.79 Å². The van der Waals surface area contributed by atoms with Gasteiger partial charge in [0.05, 0.1) is 21.5 Å². The molecule has 0 fully saturated rings. The van der Waals surface area contributed by atoms with Gasteiger partial charge in [-0.05, 0) is 54.8 Å². The van der Waals surface area contributed by atoms with Crippen molar-refractivity contribution in [3.8, 4) is 0 Å². The maximum Gasteiger partial charge on any atom is 0.252 e. The van der Waals surface area contributed by atoms with Crippen molar-refractivity contribution in [3.63, 3.8) is 0 Å². The van der Waals surface area contributed by atoms with Crippen LogP contribution in [0, 0.1) is 13.8 Å². The molecule has 0 spiro atoms. The number of aryl methyl sites for hydroxylation is 2. The highest BCUT2D eigenvalue weighted by Gasteiger charge is 2.11. The molecular formula is C21H22N2O3S2. The van der Waals surface area contributed by atoms with E-state index in [2.05, 4.69) is 37.6 Å². The zero-order valence-corrected chi connectivity index (χ0v) is 17.7. The molecule has 2 aromatic carbocycles. The number of thiazole rings is 1. The highest BCUT2D eigenvalue weighted by molar-refractivity contribution is 7.90. The number of rotatable bonds is 5.